The second-order valence-corrected chi connectivity index (χ2v) is 5.17. The predicted molar refractivity (Wildman–Crippen MR) is 70.9 cm³/mol. The Labute approximate surface area is 103 Å². The van der Waals surface area contributed by atoms with E-state index in [-0.39, 0.29) is 0 Å². The second kappa shape index (κ2) is 6.97. The Kier molecular flexibility index (Phi) is 5.91. The summed E-state index contributed by atoms with van der Waals surface area (Å²) in [6, 6.07) is 0.580. The molecule has 0 bridgehead atoms. The van der Waals surface area contributed by atoms with Gasteiger partial charge in [-0.2, -0.15) is 0 Å². The van der Waals surface area contributed by atoms with Gasteiger partial charge in [-0.1, -0.05) is 39.0 Å². The topological polar surface area (TPSA) is 29.9 Å². The SMILES string of the molecule is CCNC(CSc1nccn1C)C(C)CC. The summed E-state index contributed by atoms with van der Waals surface area (Å²) < 4.78 is 2.07. The van der Waals surface area contributed by atoms with Crippen LogP contribution in [0, 0.1) is 5.92 Å². The molecule has 0 aliphatic carbocycles. The Morgan fingerprint density at radius 1 is 1.50 bits per heavy atom. The van der Waals surface area contributed by atoms with Crippen LogP contribution in [0.1, 0.15) is 27.2 Å². The summed E-state index contributed by atoms with van der Waals surface area (Å²) in [6.07, 6.45) is 5.07. The van der Waals surface area contributed by atoms with Crippen molar-refractivity contribution >= 4 is 11.8 Å². The third kappa shape index (κ3) is 3.83. The van der Waals surface area contributed by atoms with Crippen molar-refractivity contribution in [2.45, 2.75) is 38.4 Å². The van der Waals surface area contributed by atoms with Crippen LogP contribution in [0.25, 0.3) is 0 Å². The van der Waals surface area contributed by atoms with Crippen LogP contribution in [-0.4, -0.2) is 27.9 Å². The smallest absolute Gasteiger partial charge is 0.167 e. The maximum absolute atomic E-state index is 4.33. The van der Waals surface area contributed by atoms with Gasteiger partial charge in [-0.15, -0.1) is 0 Å². The van der Waals surface area contributed by atoms with Crippen LogP contribution in [0.2, 0.25) is 0 Å². The lowest BCUT2D eigenvalue weighted by molar-refractivity contribution is 0.403. The summed E-state index contributed by atoms with van der Waals surface area (Å²) >= 11 is 1.83. The highest BCUT2D eigenvalue weighted by Crippen LogP contribution is 2.19. The van der Waals surface area contributed by atoms with Gasteiger partial charge in [-0.3, -0.25) is 0 Å². The van der Waals surface area contributed by atoms with Gasteiger partial charge in [0.15, 0.2) is 5.16 Å². The van der Waals surface area contributed by atoms with Gasteiger partial charge in [0.25, 0.3) is 0 Å². The summed E-state index contributed by atoms with van der Waals surface area (Å²) in [5.41, 5.74) is 0. The van der Waals surface area contributed by atoms with Crippen LogP contribution < -0.4 is 5.32 Å². The van der Waals surface area contributed by atoms with Crippen molar-refractivity contribution in [3.63, 3.8) is 0 Å². The van der Waals surface area contributed by atoms with Gasteiger partial charge in [-0.05, 0) is 12.5 Å². The molecule has 16 heavy (non-hydrogen) atoms. The molecule has 0 amide bonds. The molecular weight excluding hydrogens is 218 g/mol. The number of rotatable bonds is 7. The zero-order chi connectivity index (χ0) is 12.0. The molecule has 0 fully saturated rings. The lowest BCUT2D eigenvalue weighted by Gasteiger charge is -2.23. The summed E-state index contributed by atoms with van der Waals surface area (Å²) in [7, 11) is 2.04. The van der Waals surface area contributed by atoms with Crippen LogP contribution >= 0.6 is 11.8 Å². The molecule has 0 aliphatic rings. The van der Waals surface area contributed by atoms with Crippen molar-refractivity contribution < 1.29 is 0 Å². The lowest BCUT2D eigenvalue weighted by atomic mass is 10.0. The van der Waals surface area contributed by atoms with Gasteiger partial charge in [0.1, 0.15) is 0 Å². The van der Waals surface area contributed by atoms with Gasteiger partial charge in [0.2, 0.25) is 0 Å². The summed E-state index contributed by atoms with van der Waals surface area (Å²) in [5.74, 6) is 1.81. The zero-order valence-corrected chi connectivity index (χ0v) is 11.5. The van der Waals surface area contributed by atoms with Crippen molar-refractivity contribution in [3.05, 3.63) is 12.4 Å². The van der Waals surface area contributed by atoms with Crippen molar-refractivity contribution in [2.24, 2.45) is 13.0 Å². The van der Waals surface area contributed by atoms with Crippen LogP contribution in [-0.2, 0) is 7.05 Å². The minimum atomic E-state index is 0.580. The van der Waals surface area contributed by atoms with Gasteiger partial charge in [-0.25, -0.2) is 4.98 Å². The van der Waals surface area contributed by atoms with Gasteiger partial charge in [0.05, 0.1) is 0 Å². The first kappa shape index (κ1) is 13.6. The standard InChI is InChI=1S/C12H23N3S/c1-5-10(3)11(13-6-2)9-16-12-14-7-8-15(12)4/h7-8,10-11,13H,5-6,9H2,1-4H3. The number of nitrogens with one attached hydrogen (secondary N) is 1. The van der Waals surface area contributed by atoms with E-state index in [0.717, 1.165) is 17.5 Å². The van der Waals surface area contributed by atoms with Gasteiger partial charge in [0, 0.05) is 31.2 Å². The van der Waals surface area contributed by atoms with E-state index in [4.69, 9.17) is 0 Å². The molecule has 92 valence electrons. The molecule has 2 unspecified atom stereocenters. The Morgan fingerprint density at radius 3 is 2.75 bits per heavy atom. The Morgan fingerprint density at radius 2 is 2.25 bits per heavy atom. The van der Waals surface area contributed by atoms with E-state index < -0.39 is 0 Å². The third-order valence-corrected chi connectivity index (χ3v) is 4.14. The largest absolute Gasteiger partial charge is 0.329 e. The summed E-state index contributed by atoms with van der Waals surface area (Å²) in [4.78, 5) is 4.33. The normalized spacial score (nSPS) is 15.0. The molecule has 0 spiro atoms. The third-order valence-electron chi connectivity index (χ3n) is 2.97. The molecule has 2 atom stereocenters. The number of thioether (sulfide) groups is 1. The van der Waals surface area contributed by atoms with Crippen molar-refractivity contribution in [2.75, 3.05) is 12.3 Å². The number of hydrogen-bond donors (Lipinski definition) is 1. The quantitative estimate of drug-likeness (QED) is 0.744. The molecule has 4 heteroatoms. The van der Waals surface area contributed by atoms with Crippen molar-refractivity contribution in [1.29, 1.82) is 0 Å². The second-order valence-electron chi connectivity index (χ2n) is 4.18. The molecule has 1 aromatic rings. The highest BCUT2D eigenvalue weighted by Gasteiger charge is 2.15. The minimum Gasteiger partial charge on any atom is -0.329 e. The highest BCUT2D eigenvalue weighted by atomic mass is 32.2. The van der Waals surface area contributed by atoms with E-state index in [2.05, 4.69) is 35.6 Å². The van der Waals surface area contributed by atoms with Crippen LogP contribution in [0.3, 0.4) is 0 Å². The molecule has 0 aliphatic heterocycles. The first-order chi connectivity index (χ1) is 7.69. The molecule has 1 heterocycles. The average molecular weight is 241 g/mol. The van der Waals surface area contributed by atoms with Crippen LogP contribution in [0.5, 0.6) is 0 Å². The Hall–Kier alpha value is -0.480. The van der Waals surface area contributed by atoms with E-state index in [0.29, 0.717) is 12.0 Å². The maximum atomic E-state index is 4.33. The molecule has 0 radical (unpaired) electrons. The van der Waals surface area contributed by atoms with E-state index in [1.54, 1.807) is 0 Å². The zero-order valence-electron chi connectivity index (χ0n) is 10.7. The molecule has 3 nitrogen and oxygen atoms in total. The van der Waals surface area contributed by atoms with E-state index in [1.165, 1.54) is 6.42 Å². The van der Waals surface area contributed by atoms with Crippen LogP contribution in [0.4, 0.5) is 0 Å². The number of aromatic nitrogens is 2. The molecule has 0 saturated heterocycles. The molecule has 0 aromatic carbocycles. The molecule has 1 rings (SSSR count). The monoisotopic (exact) mass is 241 g/mol. The van der Waals surface area contributed by atoms with Gasteiger partial charge >= 0.3 is 0 Å². The first-order valence-electron chi connectivity index (χ1n) is 6.02. The number of nitrogens with zero attached hydrogens (tertiary/aromatic N) is 2. The molecule has 0 saturated carbocycles. The van der Waals surface area contributed by atoms with Gasteiger partial charge < -0.3 is 9.88 Å². The van der Waals surface area contributed by atoms with Crippen molar-refractivity contribution in [1.82, 2.24) is 14.9 Å². The summed E-state index contributed by atoms with van der Waals surface area (Å²) in [6.45, 7) is 7.77. The minimum absolute atomic E-state index is 0.580. The Balaban J connectivity index is 2.46. The van der Waals surface area contributed by atoms with Crippen LogP contribution in [0.15, 0.2) is 17.6 Å². The summed E-state index contributed by atoms with van der Waals surface area (Å²) in [5, 5.41) is 4.66. The average Bonchev–Trinajstić information content (AvgIpc) is 2.69. The molecule has 1 aromatic heterocycles. The van der Waals surface area contributed by atoms with E-state index in [9.17, 15) is 0 Å². The number of imidazole rings is 1. The number of aryl methyl sites for hydroxylation is 1. The van der Waals surface area contributed by atoms with E-state index in [1.807, 2.05) is 31.2 Å². The highest BCUT2D eigenvalue weighted by molar-refractivity contribution is 7.99. The number of hydrogen-bond acceptors (Lipinski definition) is 3. The fourth-order valence-corrected chi connectivity index (χ4v) is 2.80. The predicted octanol–water partition coefficient (Wildman–Crippen LogP) is 2.54. The maximum Gasteiger partial charge on any atom is 0.167 e. The lowest BCUT2D eigenvalue weighted by Crippen LogP contribution is -2.36. The molecular formula is C12H23N3S. The Bertz CT molecular complexity index is 298. The fraction of sp³-hybridized carbons (Fsp3) is 0.750. The fourth-order valence-electron chi connectivity index (χ4n) is 1.63. The van der Waals surface area contributed by atoms with Crippen molar-refractivity contribution in [3.8, 4) is 0 Å². The van der Waals surface area contributed by atoms with E-state index >= 15 is 0 Å². The first-order valence-corrected chi connectivity index (χ1v) is 7.01. The molecule has 1 N–H and O–H groups in total.